The number of aliphatic hydroxyl groups is 1. The second kappa shape index (κ2) is 8.49. The molecule has 5 rings (SSSR count). The number of likely N-dealkylation sites (tertiary alicyclic amines) is 1. The van der Waals surface area contributed by atoms with E-state index in [1.807, 2.05) is 37.3 Å². The minimum atomic E-state index is -0.899. The fraction of sp³-hybridized carbons (Fsp3) is 0.458. The smallest absolute Gasteiger partial charge is 0.311 e. The molecule has 1 spiro atoms. The van der Waals surface area contributed by atoms with Gasteiger partial charge in [0.05, 0.1) is 27.3 Å². The Balaban J connectivity index is 1.64. The summed E-state index contributed by atoms with van der Waals surface area (Å²) in [6.07, 6.45) is 7.93. The summed E-state index contributed by atoms with van der Waals surface area (Å²) in [5, 5.41) is 9.66. The minimum Gasteiger partial charge on any atom is -0.461 e. The van der Waals surface area contributed by atoms with Crippen molar-refractivity contribution in [3.05, 3.63) is 53.1 Å². The zero-order valence-electron chi connectivity index (χ0n) is 18.1. The first-order chi connectivity index (χ1) is 15.9. The van der Waals surface area contributed by atoms with Gasteiger partial charge in [-0.25, -0.2) is 0 Å². The SMILES string of the molecule is Cc1cccc(Cl)c1N1CC=C[C@]23S[C@H]4C=CCOC(=O)[C@H]4[C@H]2C(=O)N(CCCO)C3C1=O. The number of benzene rings is 1. The lowest BCUT2D eigenvalue weighted by atomic mass is 9.78. The van der Waals surface area contributed by atoms with Crippen LogP contribution in [0.25, 0.3) is 0 Å². The van der Waals surface area contributed by atoms with Crippen LogP contribution in [0.3, 0.4) is 0 Å². The molecule has 4 aliphatic heterocycles. The maximum Gasteiger partial charge on any atom is 0.311 e. The average Bonchev–Trinajstić information content (AvgIpc) is 3.08. The Morgan fingerprint density at radius 3 is 2.82 bits per heavy atom. The van der Waals surface area contributed by atoms with Gasteiger partial charge in [-0.3, -0.25) is 14.4 Å². The Morgan fingerprint density at radius 1 is 1.24 bits per heavy atom. The van der Waals surface area contributed by atoms with Gasteiger partial charge in [-0.2, -0.15) is 0 Å². The first-order valence-corrected chi connectivity index (χ1v) is 12.3. The molecule has 0 aliphatic carbocycles. The van der Waals surface area contributed by atoms with Crippen molar-refractivity contribution < 1.29 is 24.2 Å². The normalized spacial score (nSPS) is 32.9. The van der Waals surface area contributed by atoms with Crippen molar-refractivity contribution in [2.24, 2.45) is 11.8 Å². The van der Waals surface area contributed by atoms with E-state index in [9.17, 15) is 19.5 Å². The number of fused-ring (bicyclic) bond motifs is 2. The Kier molecular flexibility index (Phi) is 5.79. The molecule has 2 amide bonds. The van der Waals surface area contributed by atoms with Crippen LogP contribution in [0, 0.1) is 18.8 Å². The number of carbonyl (C=O) groups is 3. The molecule has 0 bridgehead atoms. The van der Waals surface area contributed by atoms with Gasteiger partial charge >= 0.3 is 5.97 Å². The summed E-state index contributed by atoms with van der Waals surface area (Å²) in [7, 11) is 0. The quantitative estimate of drug-likeness (QED) is 0.517. The number of hydrogen-bond donors (Lipinski definition) is 1. The number of anilines is 1. The van der Waals surface area contributed by atoms with Gasteiger partial charge in [0.15, 0.2) is 0 Å². The van der Waals surface area contributed by atoms with Crippen LogP contribution in [0.1, 0.15) is 12.0 Å². The number of amides is 2. The predicted octanol–water partition coefficient (Wildman–Crippen LogP) is 2.34. The van der Waals surface area contributed by atoms with Crippen molar-refractivity contribution in [2.75, 3.05) is 31.2 Å². The molecule has 4 aliphatic rings. The Morgan fingerprint density at radius 2 is 2.06 bits per heavy atom. The van der Waals surface area contributed by atoms with Gasteiger partial charge in [-0.1, -0.05) is 48.0 Å². The van der Waals surface area contributed by atoms with Gasteiger partial charge in [0.25, 0.3) is 5.91 Å². The number of hydrogen-bond acceptors (Lipinski definition) is 6. The molecule has 2 saturated heterocycles. The van der Waals surface area contributed by atoms with Gasteiger partial charge in [0.2, 0.25) is 5.91 Å². The molecule has 1 aromatic rings. The minimum absolute atomic E-state index is 0.102. The van der Waals surface area contributed by atoms with Gasteiger partial charge < -0.3 is 19.6 Å². The molecule has 0 radical (unpaired) electrons. The average molecular weight is 489 g/mol. The number of halogens is 1. The van der Waals surface area contributed by atoms with E-state index in [4.69, 9.17) is 16.3 Å². The van der Waals surface area contributed by atoms with Crippen molar-refractivity contribution in [2.45, 2.75) is 29.4 Å². The molecule has 0 aromatic heterocycles. The highest BCUT2D eigenvalue weighted by Crippen LogP contribution is 2.61. The van der Waals surface area contributed by atoms with Crippen LogP contribution < -0.4 is 4.90 Å². The number of esters is 1. The summed E-state index contributed by atoms with van der Waals surface area (Å²) >= 11 is 8.01. The van der Waals surface area contributed by atoms with E-state index in [1.54, 1.807) is 21.9 Å². The first kappa shape index (κ1) is 22.5. The van der Waals surface area contributed by atoms with Gasteiger partial charge in [0.1, 0.15) is 12.6 Å². The monoisotopic (exact) mass is 488 g/mol. The Bertz CT molecular complexity index is 1050. The highest BCUT2D eigenvalue weighted by atomic mass is 35.5. The van der Waals surface area contributed by atoms with Crippen LogP contribution >= 0.6 is 23.4 Å². The van der Waals surface area contributed by atoms with E-state index in [2.05, 4.69) is 0 Å². The molecule has 33 heavy (non-hydrogen) atoms. The number of rotatable bonds is 4. The second-order valence-electron chi connectivity index (χ2n) is 8.77. The summed E-state index contributed by atoms with van der Waals surface area (Å²) < 4.78 is 4.46. The maximum atomic E-state index is 14.2. The number of thioether (sulfide) groups is 1. The number of aryl methyl sites for hydroxylation is 1. The number of aliphatic hydroxyl groups excluding tert-OH is 1. The van der Waals surface area contributed by atoms with Crippen molar-refractivity contribution in [1.82, 2.24) is 4.90 Å². The van der Waals surface area contributed by atoms with E-state index in [0.717, 1.165) is 5.56 Å². The molecule has 1 unspecified atom stereocenters. The lowest BCUT2D eigenvalue weighted by Gasteiger charge is -2.35. The fourth-order valence-corrected chi connectivity index (χ4v) is 7.94. The summed E-state index contributed by atoms with van der Waals surface area (Å²) in [5.41, 5.74) is 1.49. The molecule has 9 heteroatoms. The summed E-state index contributed by atoms with van der Waals surface area (Å²) in [6.45, 7) is 2.53. The zero-order chi connectivity index (χ0) is 23.3. The molecule has 5 atom stereocenters. The van der Waals surface area contributed by atoms with Gasteiger partial charge in [-0.05, 0) is 25.0 Å². The molecule has 0 saturated carbocycles. The van der Waals surface area contributed by atoms with Crippen LogP contribution in [0.4, 0.5) is 5.69 Å². The third-order valence-electron chi connectivity index (χ3n) is 6.93. The van der Waals surface area contributed by atoms with Crippen LogP contribution in [-0.4, -0.2) is 70.1 Å². The number of carbonyl (C=O) groups excluding carboxylic acids is 3. The second-order valence-corrected chi connectivity index (χ2v) is 10.7. The molecule has 4 heterocycles. The Hall–Kier alpha value is -2.29. The van der Waals surface area contributed by atoms with Crippen LogP contribution in [0.5, 0.6) is 0 Å². The Labute approximate surface area is 201 Å². The zero-order valence-corrected chi connectivity index (χ0v) is 19.7. The van der Waals surface area contributed by atoms with Gasteiger partial charge in [-0.15, -0.1) is 11.8 Å². The number of para-hydroxylation sites is 1. The molecule has 2 fully saturated rings. The van der Waals surface area contributed by atoms with Crippen LogP contribution in [-0.2, 0) is 19.1 Å². The third kappa shape index (κ3) is 3.33. The lowest BCUT2D eigenvalue weighted by molar-refractivity contribution is -0.151. The van der Waals surface area contributed by atoms with Crippen molar-refractivity contribution in [1.29, 1.82) is 0 Å². The van der Waals surface area contributed by atoms with Crippen LogP contribution in [0.15, 0.2) is 42.5 Å². The van der Waals surface area contributed by atoms with Crippen molar-refractivity contribution in [3.63, 3.8) is 0 Å². The molecule has 1 aromatic carbocycles. The van der Waals surface area contributed by atoms with E-state index in [0.29, 0.717) is 23.7 Å². The van der Waals surface area contributed by atoms with Crippen molar-refractivity contribution in [3.8, 4) is 0 Å². The topological polar surface area (TPSA) is 87.2 Å². The number of cyclic esters (lactones) is 1. The fourth-order valence-electron chi connectivity index (χ4n) is 5.62. The molecular weight excluding hydrogens is 464 g/mol. The highest BCUT2D eigenvalue weighted by Gasteiger charge is 2.71. The number of ether oxygens (including phenoxy) is 1. The lowest BCUT2D eigenvalue weighted by Crippen LogP contribution is -2.53. The standard InChI is InChI=1S/C24H25ClN2O5S/c1-14-6-2-7-15(25)19(14)26-10-4-9-24-18(17-16(33-24)8-3-13-32-23(17)31)21(29)27(11-5-12-28)20(24)22(26)30/h2-4,6-9,16-18,20,28H,5,10-13H2,1H3/t16-,17+,18-,20?,24-/m0/s1. The summed E-state index contributed by atoms with van der Waals surface area (Å²) in [5.74, 6) is -2.24. The van der Waals surface area contributed by atoms with Crippen LogP contribution in [0.2, 0.25) is 5.02 Å². The predicted molar refractivity (Wildman–Crippen MR) is 126 cm³/mol. The summed E-state index contributed by atoms with van der Waals surface area (Å²) in [6, 6.07) is 4.67. The van der Waals surface area contributed by atoms with E-state index < -0.39 is 28.6 Å². The van der Waals surface area contributed by atoms with E-state index in [1.165, 1.54) is 11.8 Å². The number of nitrogens with zero attached hydrogens (tertiary/aromatic N) is 2. The first-order valence-electron chi connectivity index (χ1n) is 11.1. The summed E-state index contributed by atoms with van der Waals surface area (Å²) in [4.78, 5) is 44.0. The van der Waals surface area contributed by atoms with Gasteiger partial charge in [0, 0.05) is 24.9 Å². The molecular formula is C24H25ClN2O5S. The highest BCUT2D eigenvalue weighted by molar-refractivity contribution is 8.02. The molecule has 174 valence electrons. The molecule has 1 N–H and O–H groups in total. The van der Waals surface area contributed by atoms with E-state index >= 15 is 0 Å². The molecule has 7 nitrogen and oxygen atoms in total. The van der Waals surface area contributed by atoms with Crippen molar-refractivity contribution >= 4 is 46.8 Å². The largest absolute Gasteiger partial charge is 0.461 e. The third-order valence-corrected chi connectivity index (χ3v) is 8.98. The maximum absolute atomic E-state index is 14.2. The van der Waals surface area contributed by atoms with E-state index in [-0.39, 0.29) is 36.8 Å².